The number of carbonyl (C=O) groups is 1. The van der Waals surface area contributed by atoms with Gasteiger partial charge in [-0.1, -0.05) is 18.1 Å². The number of hydrogen-bond acceptors (Lipinski definition) is 7. The van der Waals surface area contributed by atoms with Crippen molar-refractivity contribution >= 4 is 33.4 Å². The third kappa shape index (κ3) is 4.39. The molecular formula is C32H28F3N5O3. The largest absolute Gasteiger partial charge is 0.508 e. The molecule has 3 aliphatic heterocycles. The summed E-state index contributed by atoms with van der Waals surface area (Å²) in [5, 5.41) is 11.5. The first-order valence-corrected chi connectivity index (χ1v) is 14.2. The van der Waals surface area contributed by atoms with Crippen molar-refractivity contribution in [1.29, 1.82) is 0 Å². The summed E-state index contributed by atoms with van der Waals surface area (Å²) in [6, 6.07) is 8.49. The van der Waals surface area contributed by atoms with Gasteiger partial charge in [0.2, 0.25) is 5.91 Å². The van der Waals surface area contributed by atoms with Gasteiger partial charge in [0, 0.05) is 42.4 Å². The number of halogens is 3. The molecule has 3 fully saturated rings. The van der Waals surface area contributed by atoms with E-state index >= 15 is 4.39 Å². The molecule has 4 heterocycles. The van der Waals surface area contributed by atoms with Gasteiger partial charge in [-0.2, -0.15) is 9.97 Å². The molecule has 0 bridgehead atoms. The summed E-state index contributed by atoms with van der Waals surface area (Å²) >= 11 is 0. The summed E-state index contributed by atoms with van der Waals surface area (Å²) in [4.78, 5) is 24.7. The number of aromatic nitrogens is 2. The van der Waals surface area contributed by atoms with E-state index in [2.05, 4.69) is 20.8 Å². The van der Waals surface area contributed by atoms with Gasteiger partial charge in [0.25, 0.3) is 0 Å². The van der Waals surface area contributed by atoms with Crippen LogP contribution in [0.3, 0.4) is 0 Å². The number of phenols is 1. The first kappa shape index (κ1) is 27.3. The lowest BCUT2D eigenvalue weighted by Crippen LogP contribution is -2.53. The second-order valence-corrected chi connectivity index (χ2v) is 11.7. The van der Waals surface area contributed by atoms with E-state index in [4.69, 9.17) is 16.9 Å². The maximum Gasteiger partial charge on any atom is 0.319 e. The lowest BCUT2D eigenvalue weighted by atomic mass is 9.92. The molecule has 0 spiro atoms. The highest BCUT2D eigenvalue weighted by Crippen LogP contribution is 2.42. The molecule has 0 saturated carbocycles. The number of aromatic hydroxyl groups is 1. The fraction of sp³-hybridized carbons (Fsp3) is 0.344. The number of phenolic OH excluding ortho intramolecular Hbond substituents is 1. The zero-order valence-electron chi connectivity index (χ0n) is 23.1. The van der Waals surface area contributed by atoms with E-state index < -0.39 is 29.3 Å². The number of ether oxygens (including phenoxy) is 1. The predicted octanol–water partition coefficient (Wildman–Crippen LogP) is 4.29. The molecular weight excluding hydrogens is 559 g/mol. The van der Waals surface area contributed by atoms with E-state index in [-0.39, 0.29) is 51.9 Å². The Labute approximate surface area is 245 Å². The minimum atomic E-state index is -0.946. The van der Waals surface area contributed by atoms with Crippen molar-refractivity contribution in [1.82, 2.24) is 14.9 Å². The number of anilines is 1. The molecule has 220 valence electrons. The van der Waals surface area contributed by atoms with E-state index in [0.717, 1.165) is 19.4 Å². The molecule has 1 amide bonds. The van der Waals surface area contributed by atoms with Crippen LogP contribution in [0.5, 0.6) is 11.8 Å². The second kappa shape index (κ2) is 10.0. The summed E-state index contributed by atoms with van der Waals surface area (Å²) in [7, 11) is 0. The van der Waals surface area contributed by atoms with Gasteiger partial charge in [-0.15, -0.1) is 6.42 Å². The van der Waals surface area contributed by atoms with Crippen molar-refractivity contribution in [2.75, 3.05) is 37.7 Å². The van der Waals surface area contributed by atoms with Crippen LogP contribution in [0.2, 0.25) is 0 Å². The van der Waals surface area contributed by atoms with Crippen molar-refractivity contribution in [3.63, 3.8) is 0 Å². The van der Waals surface area contributed by atoms with Crippen LogP contribution >= 0.6 is 0 Å². The van der Waals surface area contributed by atoms with Crippen LogP contribution in [-0.4, -0.2) is 70.4 Å². The van der Waals surface area contributed by atoms with Crippen molar-refractivity contribution in [2.45, 2.75) is 31.0 Å². The molecule has 43 heavy (non-hydrogen) atoms. The molecule has 3 aromatic carbocycles. The van der Waals surface area contributed by atoms with Crippen LogP contribution in [0.15, 0.2) is 36.4 Å². The monoisotopic (exact) mass is 587 g/mol. The maximum absolute atomic E-state index is 16.6. The highest BCUT2D eigenvalue weighted by Gasteiger charge is 2.49. The van der Waals surface area contributed by atoms with E-state index in [1.807, 2.05) is 0 Å². The molecule has 8 nitrogen and oxygen atoms in total. The summed E-state index contributed by atoms with van der Waals surface area (Å²) in [5.41, 5.74) is 5.13. The van der Waals surface area contributed by atoms with Crippen molar-refractivity contribution in [2.24, 2.45) is 11.7 Å². The van der Waals surface area contributed by atoms with Crippen LogP contribution in [0.1, 0.15) is 24.8 Å². The standard InChI is InChI=1S/C32H28F3N5O3/c1-2-21-25(34)7-4-17-10-20(41)11-24(26(17)21)22-5-6-23-28(27(22)35)37-31(38-30(23)39-13-18(14-39)29(36)42)43-16-32-8-3-9-40(32)15-19(33)12-32/h1,4-7,10-11,18-19,41H,3,8-9,12-16H2,(H2,36,42)/t19-,32+/m1/s1. The van der Waals surface area contributed by atoms with Crippen LogP contribution < -0.4 is 15.4 Å². The fourth-order valence-electron chi connectivity index (χ4n) is 6.90. The topological polar surface area (TPSA) is 105 Å². The third-order valence-electron chi connectivity index (χ3n) is 9.07. The van der Waals surface area contributed by atoms with Gasteiger partial charge in [-0.3, -0.25) is 9.69 Å². The molecule has 1 aromatic heterocycles. The zero-order chi connectivity index (χ0) is 30.0. The van der Waals surface area contributed by atoms with Crippen LogP contribution in [0.4, 0.5) is 19.0 Å². The first-order chi connectivity index (χ1) is 20.7. The quantitative estimate of drug-likeness (QED) is 0.325. The fourth-order valence-corrected chi connectivity index (χ4v) is 6.90. The number of rotatable bonds is 6. The molecule has 0 unspecified atom stereocenters. The molecule has 7 rings (SSSR count). The van der Waals surface area contributed by atoms with Gasteiger partial charge < -0.3 is 20.5 Å². The SMILES string of the molecule is C#Cc1c(F)ccc2cc(O)cc(-c3ccc4c(N5CC(C(N)=O)C5)nc(OC[C@@]56CCCN5C[C@H](F)C6)nc4c3F)c12. The minimum absolute atomic E-state index is 0.0429. The highest BCUT2D eigenvalue weighted by molar-refractivity contribution is 6.04. The Kier molecular flexibility index (Phi) is 6.36. The molecule has 3 N–H and O–H groups in total. The number of nitrogens with two attached hydrogens (primary N) is 1. The number of alkyl halides is 1. The van der Waals surface area contributed by atoms with Gasteiger partial charge in [0.1, 0.15) is 35.7 Å². The summed E-state index contributed by atoms with van der Waals surface area (Å²) in [6.45, 7) is 1.88. The number of terminal acetylenes is 1. The van der Waals surface area contributed by atoms with Crippen molar-refractivity contribution in [3.05, 3.63) is 53.6 Å². The first-order valence-electron chi connectivity index (χ1n) is 14.2. The Balaban J connectivity index is 1.36. The minimum Gasteiger partial charge on any atom is -0.508 e. The summed E-state index contributed by atoms with van der Waals surface area (Å²) in [6.07, 6.45) is 6.74. The lowest BCUT2D eigenvalue weighted by Gasteiger charge is -2.38. The van der Waals surface area contributed by atoms with Crippen molar-refractivity contribution in [3.8, 4) is 35.2 Å². The van der Waals surface area contributed by atoms with Gasteiger partial charge in [0.05, 0.1) is 17.0 Å². The highest BCUT2D eigenvalue weighted by atomic mass is 19.1. The van der Waals surface area contributed by atoms with E-state index in [1.54, 1.807) is 11.0 Å². The average molecular weight is 588 g/mol. The van der Waals surface area contributed by atoms with Gasteiger partial charge in [-0.25, -0.2) is 13.2 Å². The van der Waals surface area contributed by atoms with E-state index in [1.165, 1.54) is 30.3 Å². The molecule has 0 radical (unpaired) electrons. The number of amides is 1. The number of fused-ring (bicyclic) bond motifs is 3. The van der Waals surface area contributed by atoms with Crippen LogP contribution in [0.25, 0.3) is 32.8 Å². The number of benzene rings is 3. The summed E-state index contributed by atoms with van der Waals surface area (Å²) in [5.74, 6) is 0.369. The normalized spacial score (nSPS) is 22.1. The zero-order valence-corrected chi connectivity index (χ0v) is 23.1. The Morgan fingerprint density at radius 1 is 1.16 bits per heavy atom. The maximum atomic E-state index is 16.6. The van der Waals surface area contributed by atoms with Gasteiger partial charge in [-0.05, 0) is 54.6 Å². The lowest BCUT2D eigenvalue weighted by molar-refractivity contribution is -0.122. The molecule has 3 aliphatic rings. The van der Waals surface area contributed by atoms with Crippen LogP contribution in [0, 0.1) is 29.9 Å². The van der Waals surface area contributed by atoms with Crippen LogP contribution in [-0.2, 0) is 4.79 Å². The van der Waals surface area contributed by atoms with Gasteiger partial charge in [0.15, 0.2) is 5.82 Å². The predicted molar refractivity (Wildman–Crippen MR) is 155 cm³/mol. The Morgan fingerprint density at radius 3 is 2.74 bits per heavy atom. The Morgan fingerprint density at radius 2 is 1.98 bits per heavy atom. The molecule has 2 atom stereocenters. The smallest absolute Gasteiger partial charge is 0.319 e. The Bertz CT molecular complexity index is 1850. The van der Waals surface area contributed by atoms with E-state index in [0.29, 0.717) is 42.6 Å². The number of nitrogens with zero attached hydrogens (tertiary/aromatic N) is 4. The third-order valence-corrected chi connectivity index (χ3v) is 9.07. The van der Waals surface area contributed by atoms with Gasteiger partial charge >= 0.3 is 6.01 Å². The summed E-state index contributed by atoms with van der Waals surface area (Å²) < 4.78 is 51.8. The molecule has 0 aliphatic carbocycles. The number of primary amides is 1. The van der Waals surface area contributed by atoms with Crippen molar-refractivity contribution < 1.29 is 27.8 Å². The average Bonchev–Trinajstić information content (AvgIpc) is 3.47. The molecule has 11 heteroatoms. The second-order valence-electron chi connectivity index (χ2n) is 11.7. The molecule has 3 saturated heterocycles. The number of hydrogen-bond donors (Lipinski definition) is 2. The molecule has 4 aromatic rings. The number of carbonyl (C=O) groups excluding carboxylic acids is 1. The Hall–Kier alpha value is -4.56. The van der Waals surface area contributed by atoms with E-state index in [9.17, 15) is 18.7 Å².